The molecule has 2 amide bonds. The van der Waals surface area contributed by atoms with E-state index >= 15 is 0 Å². The van der Waals surface area contributed by atoms with E-state index in [2.05, 4.69) is 29.5 Å². The van der Waals surface area contributed by atoms with Crippen LogP contribution in [0.2, 0.25) is 5.02 Å². The molecule has 35 heavy (non-hydrogen) atoms. The number of allylic oxidation sites excluding steroid dienone is 1. The highest BCUT2D eigenvalue weighted by Crippen LogP contribution is 2.39. The summed E-state index contributed by atoms with van der Waals surface area (Å²) in [6.07, 6.45) is 0.937. The summed E-state index contributed by atoms with van der Waals surface area (Å²) in [5.41, 5.74) is 6.33. The molecule has 1 N–H and O–H groups in total. The number of nitrogens with one attached hydrogen (secondary N) is 1. The summed E-state index contributed by atoms with van der Waals surface area (Å²) in [6, 6.07) is 22.6. The first-order chi connectivity index (χ1) is 16.9. The predicted molar refractivity (Wildman–Crippen MR) is 138 cm³/mol. The second kappa shape index (κ2) is 9.39. The molecule has 1 aliphatic heterocycles. The monoisotopic (exact) mass is 484 g/mol. The molecule has 0 fully saturated rings. The van der Waals surface area contributed by atoms with E-state index < -0.39 is 6.04 Å². The second-order valence-electron chi connectivity index (χ2n) is 8.58. The van der Waals surface area contributed by atoms with Gasteiger partial charge < -0.3 is 9.84 Å². The molecule has 0 saturated heterocycles. The lowest BCUT2D eigenvalue weighted by Crippen LogP contribution is -2.46. The SMILES string of the molecule is CCc1ccc(C2NC(=O)N(c3ccc(Cl)cc3)C(C)=C2c2nc(-c3ccc(C)cc3)no2)cc1. The second-order valence-corrected chi connectivity index (χ2v) is 9.01. The van der Waals surface area contributed by atoms with E-state index in [1.807, 2.05) is 62.4 Å². The molecule has 1 atom stereocenters. The molecule has 3 aromatic carbocycles. The molecule has 2 heterocycles. The molecule has 6 nitrogen and oxygen atoms in total. The normalized spacial score (nSPS) is 15.9. The maximum Gasteiger partial charge on any atom is 0.326 e. The summed E-state index contributed by atoms with van der Waals surface area (Å²) in [4.78, 5) is 19.6. The first-order valence-corrected chi connectivity index (χ1v) is 11.9. The lowest BCUT2D eigenvalue weighted by Gasteiger charge is -2.35. The van der Waals surface area contributed by atoms with Crippen LogP contribution in [0.4, 0.5) is 10.5 Å². The van der Waals surface area contributed by atoms with Crippen molar-refractivity contribution in [3.63, 3.8) is 0 Å². The molecule has 0 spiro atoms. The van der Waals surface area contributed by atoms with Crippen LogP contribution in [0.3, 0.4) is 0 Å². The van der Waals surface area contributed by atoms with Gasteiger partial charge in [0.2, 0.25) is 5.82 Å². The number of hydrogen-bond acceptors (Lipinski definition) is 4. The van der Waals surface area contributed by atoms with E-state index in [-0.39, 0.29) is 6.03 Å². The lowest BCUT2D eigenvalue weighted by molar-refractivity contribution is 0.244. The van der Waals surface area contributed by atoms with Gasteiger partial charge in [-0.3, -0.25) is 4.90 Å². The Morgan fingerprint density at radius 2 is 1.66 bits per heavy atom. The van der Waals surface area contributed by atoms with Gasteiger partial charge in [0.1, 0.15) is 0 Å². The largest absolute Gasteiger partial charge is 0.334 e. The zero-order chi connectivity index (χ0) is 24.5. The van der Waals surface area contributed by atoms with E-state index in [1.54, 1.807) is 17.0 Å². The number of aryl methyl sites for hydroxylation is 2. The van der Waals surface area contributed by atoms with Crippen molar-refractivity contribution in [2.45, 2.75) is 33.2 Å². The third-order valence-corrected chi connectivity index (χ3v) is 6.51. The molecule has 4 aromatic rings. The van der Waals surface area contributed by atoms with Gasteiger partial charge in [0, 0.05) is 16.3 Å². The lowest BCUT2D eigenvalue weighted by atomic mass is 9.93. The molecule has 5 rings (SSSR count). The predicted octanol–water partition coefficient (Wildman–Crippen LogP) is 6.96. The zero-order valence-corrected chi connectivity index (χ0v) is 20.5. The van der Waals surface area contributed by atoms with Crippen molar-refractivity contribution in [1.29, 1.82) is 0 Å². The number of rotatable bonds is 5. The standard InChI is InChI=1S/C28H25ClN4O2/c1-4-19-7-11-20(12-8-19)25-24(27-31-26(32-35-27)21-9-5-17(2)6-10-21)18(3)33(28(34)30-25)23-15-13-22(29)14-16-23/h5-16,25H,4H2,1-3H3,(H,30,34). The fourth-order valence-electron chi connectivity index (χ4n) is 4.27. The van der Waals surface area contributed by atoms with E-state index in [1.165, 1.54) is 5.56 Å². The van der Waals surface area contributed by atoms with Crippen LogP contribution in [0.1, 0.15) is 42.5 Å². The molecule has 7 heteroatoms. The number of hydrogen-bond donors (Lipinski definition) is 1. The molecule has 0 saturated carbocycles. The molecule has 0 bridgehead atoms. The van der Waals surface area contributed by atoms with Crippen LogP contribution in [0.5, 0.6) is 0 Å². The Kier molecular flexibility index (Phi) is 6.14. The summed E-state index contributed by atoms with van der Waals surface area (Å²) in [7, 11) is 0. The summed E-state index contributed by atoms with van der Waals surface area (Å²) >= 11 is 6.08. The van der Waals surface area contributed by atoms with Gasteiger partial charge in [0.05, 0.1) is 17.3 Å². The Balaban J connectivity index is 1.63. The zero-order valence-electron chi connectivity index (χ0n) is 19.7. The summed E-state index contributed by atoms with van der Waals surface area (Å²) in [5.74, 6) is 0.858. The van der Waals surface area contributed by atoms with Crippen LogP contribution in [-0.2, 0) is 6.42 Å². The number of amides is 2. The number of urea groups is 1. The minimum atomic E-state index is -0.441. The van der Waals surface area contributed by atoms with Crippen LogP contribution in [0, 0.1) is 6.92 Å². The first-order valence-electron chi connectivity index (χ1n) is 11.5. The smallest absolute Gasteiger partial charge is 0.326 e. The average Bonchev–Trinajstić information content (AvgIpc) is 3.35. The van der Waals surface area contributed by atoms with Crippen LogP contribution < -0.4 is 10.2 Å². The van der Waals surface area contributed by atoms with Gasteiger partial charge in [-0.2, -0.15) is 4.98 Å². The Labute approximate surface area is 209 Å². The highest BCUT2D eigenvalue weighted by Gasteiger charge is 2.36. The molecule has 0 aliphatic carbocycles. The van der Waals surface area contributed by atoms with Crippen molar-refractivity contribution in [2.24, 2.45) is 0 Å². The average molecular weight is 485 g/mol. The Bertz CT molecular complexity index is 1390. The number of benzene rings is 3. The third-order valence-electron chi connectivity index (χ3n) is 6.26. The van der Waals surface area contributed by atoms with E-state index in [4.69, 9.17) is 21.1 Å². The number of nitrogens with zero attached hydrogens (tertiary/aromatic N) is 3. The number of halogens is 1. The summed E-state index contributed by atoms with van der Waals surface area (Å²) < 4.78 is 5.78. The van der Waals surface area contributed by atoms with Gasteiger partial charge in [-0.05, 0) is 55.7 Å². The van der Waals surface area contributed by atoms with Crippen molar-refractivity contribution in [3.05, 3.63) is 106 Å². The Morgan fingerprint density at radius 3 is 2.31 bits per heavy atom. The molecular formula is C28H25ClN4O2. The topological polar surface area (TPSA) is 71.3 Å². The van der Waals surface area contributed by atoms with Crippen LogP contribution >= 0.6 is 11.6 Å². The van der Waals surface area contributed by atoms with Crippen molar-refractivity contribution in [2.75, 3.05) is 4.90 Å². The van der Waals surface area contributed by atoms with Crippen LogP contribution in [0.15, 0.2) is 83.0 Å². The van der Waals surface area contributed by atoms with Gasteiger partial charge in [0.15, 0.2) is 0 Å². The molecule has 176 valence electrons. The van der Waals surface area contributed by atoms with Crippen molar-refractivity contribution in [1.82, 2.24) is 15.5 Å². The van der Waals surface area contributed by atoms with Gasteiger partial charge in [-0.25, -0.2) is 4.79 Å². The van der Waals surface area contributed by atoms with Gasteiger partial charge in [-0.1, -0.05) is 77.8 Å². The molecule has 0 radical (unpaired) electrons. The molecule has 1 aliphatic rings. The minimum Gasteiger partial charge on any atom is -0.334 e. The maximum atomic E-state index is 13.3. The van der Waals surface area contributed by atoms with E-state index in [0.29, 0.717) is 28.1 Å². The molecule has 1 aromatic heterocycles. The van der Waals surface area contributed by atoms with Gasteiger partial charge in [-0.15, -0.1) is 0 Å². The first kappa shape index (κ1) is 22.9. The Hall–Kier alpha value is -3.90. The van der Waals surface area contributed by atoms with Crippen molar-refractivity contribution >= 4 is 28.9 Å². The summed E-state index contributed by atoms with van der Waals surface area (Å²) in [5, 5.41) is 7.98. The van der Waals surface area contributed by atoms with Gasteiger partial charge in [0.25, 0.3) is 5.89 Å². The van der Waals surface area contributed by atoms with Crippen molar-refractivity contribution < 1.29 is 9.32 Å². The minimum absolute atomic E-state index is 0.239. The number of carbonyl (C=O) groups excluding carboxylic acids is 1. The number of carbonyl (C=O) groups is 1. The molecule has 1 unspecified atom stereocenters. The van der Waals surface area contributed by atoms with E-state index in [0.717, 1.165) is 28.7 Å². The highest BCUT2D eigenvalue weighted by atomic mass is 35.5. The van der Waals surface area contributed by atoms with Crippen LogP contribution in [-0.4, -0.2) is 16.2 Å². The van der Waals surface area contributed by atoms with Crippen LogP contribution in [0.25, 0.3) is 17.0 Å². The summed E-state index contributed by atoms with van der Waals surface area (Å²) in [6.45, 7) is 6.04. The fourth-order valence-corrected chi connectivity index (χ4v) is 4.40. The third kappa shape index (κ3) is 4.45. The number of aromatic nitrogens is 2. The van der Waals surface area contributed by atoms with E-state index in [9.17, 15) is 4.79 Å². The highest BCUT2D eigenvalue weighted by molar-refractivity contribution is 6.30. The van der Waals surface area contributed by atoms with Crippen molar-refractivity contribution in [3.8, 4) is 11.4 Å². The van der Waals surface area contributed by atoms with Gasteiger partial charge >= 0.3 is 6.03 Å². The Morgan fingerprint density at radius 1 is 0.971 bits per heavy atom. The quantitative estimate of drug-likeness (QED) is 0.332. The molecular weight excluding hydrogens is 460 g/mol. The maximum absolute atomic E-state index is 13.3. The number of anilines is 1. The fraction of sp³-hybridized carbons (Fsp3) is 0.179.